The third kappa shape index (κ3) is 1.88. The summed E-state index contributed by atoms with van der Waals surface area (Å²) in [6.45, 7) is 3.92. The lowest BCUT2D eigenvalue weighted by Gasteiger charge is -2.10. The minimum absolute atomic E-state index is 0.409. The Kier molecular flexibility index (Phi) is 2.74. The van der Waals surface area contributed by atoms with Crippen molar-refractivity contribution in [1.29, 1.82) is 0 Å². The molecule has 1 heterocycles. The van der Waals surface area contributed by atoms with Gasteiger partial charge in [-0.1, -0.05) is 19.1 Å². The molecule has 2 rings (SSSR count). The van der Waals surface area contributed by atoms with Gasteiger partial charge >= 0.3 is 5.97 Å². The Morgan fingerprint density at radius 2 is 2.33 bits per heavy atom. The summed E-state index contributed by atoms with van der Waals surface area (Å²) in [7, 11) is 0. The average Bonchev–Trinajstić information content (AvgIpc) is 2.59. The van der Waals surface area contributed by atoms with Crippen LogP contribution < -0.4 is 0 Å². The maximum absolute atomic E-state index is 10.9. The van der Waals surface area contributed by atoms with Crippen LogP contribution in [0.3, 0.4) is 0 Å². The first-order valence-corrected chi connectivity index (χ1v) is 6.07. The maximum Gasteiger partial charge on any atom is 0.310 e. The molecule has 0 saturated heterocycles. The van der Waals surface area contributed by atoms with Crippen molar-refractivity contribution in [2.45, 2.75) is 30.6 Å². The molecule has 0 aliphatic carbocycles. The molecule has 0 bridgehead atoms. The van der Waals surface area contributed by atoms with E-state index in [1.165, 1.54) is 10.5 Å². The molecular weight excluding hydrogens is 208 g/mol. The van der Waals surface area contributed by atoms with Gasteiger partial charge in [0.2, 0.25) is 0 Å². The molecule has 1 aromatic rings. The van der Waals surface area contributed by atoms with Gasteiger partial charge in [-0.05, 0) is 30.0 Å². The van der Waals surface area contributed by atoms with Crippen molar-refractivity contribution < 1.29 is 9.90 Å². The minimum atomic E-state index is -0.756. The molecule has 0 aromatic heterocycles. The summed E-state index contributed by atoms with van der Waals surface area (Å²) in [6, 6.07) is 6.04. The first-order valence-electron chi connectivity index (χ1n) is 5.09. The largest absolute Gasteiger partial charge is 0.481 e. The zero-order valence-electron chi connectivity index (χ0n) is 8.86. The fraction of sp³-hybridized carbons (Fsp3) is 0.417. The molecule has 3 heteroatoms. The Labute approximate surface area is 93.7 Å². The van der Waals surface area contributed by atoms with Gasteiger partial charge in [0, 0.05) is 10.6 Å². The molecule has 2 unspecified atom stereocenters. The fourth-order valence-corrected chi connectivity index (χ4v) is 3.00. The van der Waals surface area contributed by atoms with E-state index in [1.807, 2.05) is 17.8 Å². The lowest BCUT2D eigenvalue weighted by Crippen LogP contribution is -2.07. The summed E-state index contributed by atoms with van der Waals surface area (Å²) in [5.41, 5.74) is 2.22. The number of benzene rings is 1. The first-order chi connectivity index (χ1) is 7.09. The number of hydrogen-bond acceptors (Lipinski definition) is 2. The Morgan fingerprint density at radius 1 is 1.60 bits per heavy atom. The molecule has 0 saturated carbocycles. The number of hydrogen-bond donors (Lipinski definition) is 1. The number of fused-ring (bicyclic) bond motifs is 1. The fourth-order valence-electron chi connectivity index (χ4n) is 1.80. The van der Waals surface area contributed by atoms with Gasteiger partial charge in [-0.2, -0.15) is 0 Å². The zero-order valence-corrected chi connectivity index (χ0v) is 9.67. The van der Waals surface area contributed by atoms with Crippen molar-refractivity contribution in [2.24, 2.45) is 0 Å². The highest BCUT2D eigenvalue weighted by molar-refractivity contribution is 7.99. The minimum Gasteiger partial charge on any atom is -0.481 e. The molecule has 2 nitrogen and oxygen atoms in total. The van der Waals surface area contributed by atoms with Gasteiger partial charge in [-0.15, -0.1) is 11.8 Å². The van der Waals surface area contributed by atoms with Gasteiger partial charge in [0.25, 0.3) is 0 Å². The summed E-state index contributed by atoms with van der Waals surface area (Å²) in [4.78, 5) is 12.2. The number of rotatable bonds is 2. The van der Waals surface area contributed by atoms with Crippen molar-refractivity contribution in [3.8, 4) is 0 Å². The van der Waals surface area contributed by atoms with E-state index in [-0.39, 0.29) is 0 Å². The number of aliphatic carboxylic acids is 1. The SMILES string of the molecule is CC1CSc2ccc(C(C)C(=O)O)cc21. The lowest BCUT2D eigenvalue weighted by atomic mass is 9.95. The van der Waals surface area contributed by atoms with E-state index in [1.54, 1.807) is 6.92 Å². The Bertz CT molecular complexity index is 401. The van der Waals surface area contributed by atoms with Crippen LogP contribution in [0.4, 0.5) is 0 Å². The van der Waals surface area contributed by atoms with Crippen LogP contribution in [0, 0.1) is 0 Å². The van der Waals surface area contributed by atoms with E-state index in [0.29, 0.717) is 5.92 Å². The molecule has 15 heavy (non-hydrogen) atoms. The third-order valence-electron chi connectivity index (χ3n) is 2.92. The van der Waals surface area contributed by atoms with Crippen LogP contribution in [0.2, 0.25) is 0 Å². The summed E-state index contributed by atoms with van der Waals surface area (Å²) < 4.78 is 0. The molecular formula is C12H14O2S. The van der Waals surface area contributed by atoms with Crippen LogP contribution in [0.5, 0.6) is 0 Å². The summed E-state index contributed by atoms with van der Waals surface area (Å²) in [5.74, 6) is 0.493. The highest BCUT2D eigenvalue weighted by Gasteiger charge is 2.22. The molecule has 80 valence electrons. The number of carboxylic acid groups (broad SMARTS) is 1. The summed E-state index contributed by atoms with van der Waals surface area (Å²) in [6.07, 6.45) is 0. The van der Waals surface area contributed by atoms with E-state index in [9.17, 15) is 4.79 Å². The van der Waals surface area contributed by atoms with E-state index >= 15 is 0 Å². The molecule has 1 aromatic carbocycles. The van der Waals surface area contributed by atoms with Crippen molar-refractivity contribution >= 4 is 17.7 Å². The number of carboxylic acids is 1. The second-order valence-electron chi connectivity index (χ2n) is 4.07. The van der Waals surface area contributed by atoms with Gasteiger partial charge in [0.05, 0.1) is 5.92 Å². The molecule has 0 amide bonds. The van der Waals surface area contributed by atoms with Crippen molar-refractivity contribution in [2.75, 3.05) is 5.75 Å². The predicted molar refractivity (Wildman–Crippen MR) is 61.6 cm³/mol. The van der Waals surface area contributed by atoms with E-state index in [4.69, 9.17) is 5.11 Å². The monoisotopic (exact) mass is 222 g/mol. The van der Waals surface area contributed by atoms with Crippen LogP contribution in [0.25, 0.3) is 0 Å². The highest BCUT2D eigenvalue weighted by atomic mass is 32.2. The predicted octanol–water partition coefficient (Wildman–Crippen LogP) is 3.08. The third-order valence-corrected chi connectivity index (χ3v) is 4.27. The molecule has 0 spiro atoms. The highest BCUT2D eigenvalue weighted by Crippen LogP contribution is 2.40. The van der Waals surface area contributed by atoms with Crippen LogP contribution in [-0.4, -0.2) is 16.8 Å². The van der Waals surface area contributed by atoms with Crippen molar-refractivity contribution in [3.05, 3.63) is 29.3 Å². The smallest absolute Gasteiger partial charge is 0.310 e. The normalized spacial score (nSPS) is 21.1. The maximum atomic E-state index is 10.9. The quantitative estimate of drug-likeness (QED) is 0.835. The second-order valence-corrected chi connectivity index (χ2v) is 5.13. The summed E-state index contributed by atoms with van der Waals surface area (Å²) >= 11 is 1.86. The van der Waals surface area contributed by atoms with Crippen LogP contribution in [0.1, 0.15) is 36.8 Å². The standard InChI is InChI=1S/C12H14O2S/c1-7-6-15-11-4-3-9(5-10(7)11)8(2)12(13)14/h3-5,7-8H,6H2,1-2H3,(H,13,14). The topological polar surface area (TPSA) is 37.3 Å². The number of thioether (sulfide) groups is 1. The van der Waals surface area contributed by atoms with Gasteiger partial charge in [-0.25, -0.2) is 0 Å². The summed E-state index contributed by atoms with van der Waals surface area (Å²) in [5, 5.41) is 8.94. The zero-order chi connectivity index (χ0) is 11.0. The first kappa shape index (κ1) is 10.6. The van der Waals surface area contributed by atoms with Gasteiger partial charge in [0.1, 0.15) is 0 Å². The van der Waals surface area contributed by atoms with Crippen LogP contribution >= 0.6 is 11.8 Å². The van der Waals surface area contributed by atoms with Crippen molar-refractivity contribution in [1.82, 2.24) is 0 Å². The number of carbonyl (C=O) groups is 1. The van der Waals surface area contributed by atoms with E-state index in [0.717, 1.165) is 11.3 Å². The molecule has 1 aliphatic rings. The van der Waals surface area contributed by atoms with Crippen LogP contribution in [-0.2, 0) is 4.79 Å². The van der Waals surface area contributed by atoms with Crippen molar-refractivity contribution in [3.63, 3.8) is 0 Å². The second kappa shape index (κ2) is 3.89. The molecule has 2 atom stereocenters. The molecule has 0 radical (unpaired) electrons. The van der Waals surface area contributed by atoms with E-state index < -0.39 is 11.9 Å². The lowest BCUT2D eigenvalue weighted by molar-refractivity contribution is -0.138. The Balaban J connectivity index is 2.37. The van der Waals surface area contributed by atoms with E-state index in [2.05, 4.69) is 19.1 Å². The Morgan fingerprint density at radius 3 is 3.00 bits per heavy atom. The van der Waals surface area contributed by atoms with Gasteiger partial charge < -0.3 is 5.11 Å². The Hall–Kier alpha value is -0.960. The molecule has 0 fully saturated rings. The van der Waals surface area contributed by atoms with Gasteiger partial charge in [-0.3, -0.25) is 4.79 Å². The average molecular weight is 222 g/mol. The molecule has 1 N–H and O–H groups in total. The van der Waals surface area contributed by atoms with Crippen LogP contribution in [0.15, 0.2) is 23.1 Å². The molecule has 1 aliphatic heterocycles. The van der Waals surface area contributed by atoms with Gasteiger partial charge in [0.15, 0.2) is 0 Å².